The Morgan fingerprint density at radius 2 is 1.08 bits per heavy atom. The number of carboxylic acids is 1. The van der Waals surface area contributed by atoms with E-state index in [-0.39, 0.29) is 11.8 Å². The third kappa shape index (κ3) is 11.1. The normalized spacial score (nSPS) is 18.0. The molecule has 12 nitrogen and oxygen atoms in total. The van der Waals surface area contributed by atoms with E-state index in [9.17, 15) is 34.2 Å². The summed E-state index contributed by atoms with van der Waals surface area (Å²) in [6.07, 6.45) is -0.306. The Morgan fingerprint density at radius 3 is 1.41 bits per heavy atom. The van der Waals surface area contributed by atoms with Gasteiger partial charge in [-0.1, -0.05) is 75.2 Å². The fourth-order valence-electron chi connectivity index (χ4n) is 3.73. The second-order valence-corrected chi connectivity index (χ2v) is 11.9. The van der Waals surface area contributed by atoms with Gasteiger partial charge >= 0.3 is 5.97 Å². The van der Waals surface area contributed by atoms with Crippen LogP contribution < -0.4 is 27.0 Å². The van der Waals surface area contributed by atoms with Crippen LogP contribution in [0.5, 0.6) is 0 Å². The second kappa shape index (κ2) is 15.8. The molecule has 0 radical (unpaired) electrons. The van der Waals surface area contributed by atoms with E-state index < -0.39 is 77.2 Å². The van der Waals surface area contributed by atoms with Crippen LogP contribution in [0.25, 0.3) is 0 Å². The summed E-state index contributed by atoms with van der Waals surface area (Å²) in [4.78, 5) is 64.1. The van der Waals surface area contributed by atoms with Gasteiger partial charge in [-0.2, -0.15) is 0 Å². The number of nitrogens with two attached hydrogens (primary N) is 1. The Bertz CT molecular complexity index is 856. The zero-order chi connectivity index (χ0) is 30.8. The Kier molecular flexibility index (Phi) is 14.7. The molecule has 0 saturated heterocycles. The van der Waals surface area contributed by atoms with Crippen molar-refractivity contribution in [3.8, 4) is 0 Å². The van der Waals surface area contributed by atoms with Gasteiger partial charge in [0.1, 0.15) is 18.1 Å². The van der Waals surface area contributed by atoms with Crippen molar-refractivity contribution in [2.24, 2.45) is 28.9 Å². The Balaban J connectivity index is 6.04. The maximum absolute atomic E-state index is 13.5. The van der Waals surface area contributed by atoms with Crippen molar-refractivity contribution in [2.45, 2.75) is 118 Å². The minimum atomic E-state index is -1.56. The molecule has 4 amide bonds. The number of rotatable bonds is 15. The van der Waals surface area contributed by atoms with Gasteiger partial charge in [0.25, 0.3) is 0 Å². The van der Waals surface area contributed by atoms with Gasteiger partial charge < -0.3 is 37.2 Å². The molecule has 8 N–H and O–H groups in total. The summed E-state index contributed by atoms with van der Waals surface area (Å²) in [7, 11) is 0. The Hall–Kier alpha value is -2.73. The van der Waals surface area contributed by atoms with Crippen molar-refractivity contribution in [2.75, 3.05) is 0 Å². The highest BCUT2D eigenvalue weighted by Crippen LogP contribution is 2.21. The van der Waals surface area contributed by atoms with E-state index in [0.717, 1.165) is 0 Å². The minimum Gasteiger partial charge on any atom is -0.480 e. The topological polar surface area (TPSA) is 200 Å². The molecular weight excluding hydrogens is 506 g/mol. The van der Waals surface area contributed by atoms with Crippen molar-refractivity contribution in [3.05, 3.63) is 0 Å². The average Bonchev–Trinajstić information content (AvgIpc) is 2.84. The molecule has 0 bridgehead atoms. The van der Waals surface area contributed by atoms with Gasteiger partial charge in [0, 0.05) is 0 Å². The van der Waals surface area contributed by atoms with Crippen LogP contribution in [0.3, 0.4) is 0 Å². The summed E-state index contributed by atoms with van der Waals surface area (Å²) >= 11 is 0. The number of carboxylic acid groups (broad SMARTS) is 1. The minimum absolute atomic E-state index is 0.142. The third-order valence-electron chi connectivity index (χ3n) is 7.07. The second-order valence-electron chi connectivity index (χ2n) is 11.9. The zero-order valence-corrected chi connectivity index (χ0v) is 25.1. The maximum atomic E-state index is 13.5. The van der Waals surface area contributed by atoms with E-state index in [2.05, 4.69) is 21.3 Å². The lowest BCUT2D eigenvalue weighted by Crippen LogP contribution is -2.63. The summed E-state index contributed by atoms with van der Waals surface area (Å²) in [6.45, 7) is 17.3. The molecule has 12 heteroatoms. The molecule has 0 spiro atoms. The zero-order valence-electron chi connectivity index (χ0n) is 25.1. The van der Waals surface area contributed by atoms with Crippen molar-refractivity contribution < 1.29 is 34.2 Å². The largest absolute Gasteiger partial charge is 0.480 e. The van der Waals surface area contributed by atoms with Gasteiger partial charge in [0.05, 0.1) is 12.1 Å². The maximum Gasteiger partial charge on any atom is 0.328 e. The number of hydrogen-bond acceptors (Lipinski definition) is 7. The van der Waals surface area contributed by atoms with Crippen LogP contribution in [0.1, 0.15) is 82.1 Å². The van der Waals surface area contributed by atoms with Crippen LogP contribution in [0.4, 0.5) is 0 Å². The first-order valence-corrected chi connectivity index (χ1v) is 13.7. The van der Waals surface area contributed by atoms with E-state index in [1.807, 2.05) is 20.8 Å². The molecule has 0 heterocycles. The van der Waals surface area contributed by atoms with Crippen LogP contribution in [-0.2, 0) is 24.0 Å². The Morgan fingerprint density at radius 1 is 0.692 bits per heavy atom. The van der Waals surface area contributed by atoms with Gasteiger partial charge in [-0.15, -0.1) is 0 Å². The number of aliphatic hydroxyl groups excluding tert-OH is 1. The molecule has 39 heavy (non-hydrogen) atoms. The van der Waals surface area contributed by atoms with E-state index in [1.165, 1.54) is 6.92 Å². The van der Waals surface area contributed by atoms with E-state index >= 15 is 0 Å². The molecular formula is C27H51N5O7. The lowest BCUT2D eigenvalue weighted by molar-refractivity contribution is -0.145. The molecule has 0 rings (SSSR count). The first-order valence-electron chi connectivity index (χ1n) is 13.7. The van der Waals surface area contributed by atoms with Crippen LogP contribution in [0.2, 0.25) is 0 Å². The first kappa shape index (κ1) is 36.3. The van der Waals surface area contributed by atoms with Crippen LogP contribution in [-0.4, -0.2) is 76.1 Å². The van der Waals surface area contributed by atoms with E-state index in [4.69, 9.17) is 5.73 Å². The molecule has 0 aromatic heterocycles. The summed E-state index contributed by atoms with van der Waals surface area (Å²) in [5.74, 6) is -4.65. The van der Waals surface area contributed by atoms with Gasteiger partial charge in [0.15, 0.2) is 6.04 Å². The van der Waals surface area contributed by atoms with Crippen LogP contribution in [0, 0.1) is 23.2 Å². The molecule has 0 unspecified atom stereocenters. The molecule has 226 valence electrons. The number of carbonyl (C=O) groups is 5. The fourth-order valence-corrected chi connectivity index (χ4v) is 3.73. The highest BCUT2D eigenvalue weighted by Gasteiger charge is 2.39. The Labute approximate surface area is 232 Å². The monoisotopic (exact) mass is 557 g/mol. The number of amides is 4. The molecule has 0 aromatic carbocycles. The molecule has 8 atom stereocenters. The number of hydrogen-bond donors (Lipinski definition) is 7. The smallest absolute Gasteiger partial charge is 0.328 e. The number of aliphatic carboxylic acids is 1. The lowest BCUT2D eigenvalue weighted by atomic mass is 9.84. The number of aliphatic hydroxyl groups is 1. The quantitative estimate of drug-likeness (QED) is 0.151. The van der Waals surface area contributed by atoms with Crippen molar-refractivity contribution >= 4 is 29.6 Å². The first-order chi connectivity index (χ1) is 17.8. The summed E-state index contributed by atoms with van der Waals surface area (Å²) in [6, 6.07) is -5.54. The number of carbonyl (C=O) groups excluding carboxylic acids is 4. The molecule has 0 aromatic rings. The predicted octanol–water partition coefficient (Wildman–Crippen LogP) is 0.513. The summed E-state index contributed by atoms with van der Waals surface area (Å²) in [5.41, 5.74) is 5.17. The highest BCUT2D eigenvalue weighted by molar-refractivity contribution is 5.96. The molecule has 0 aliphatic rings. The number of nitrogens with one attached hydrogen (secondary N) is 4. The van der Waals surface area contributed by atoms with Gasteiger partial charge in [0.2, 0.25) is 23.6 Å². The fraction of sp³-hybridized carbons (Fsp3) is 0.815. The van der Waals surface area contributed by atoms with Crippen LogP contribution in [0.15, 0.2) is 0 Å². The SMILES string of the molecule is CC[C@H](C)[C@H](NC(=O)[C@@H](N)C(C)C)C(=O)N[C@H](C(=O)N[C@H](C(=O)N[C@H](C(=O)O)[C@@H](C)O)[C@@H](C)CC)C(C)(C)C. The standard InChI is InChI=1S/C27H51N5O7/c1-11-14(5)18(23(35)31-20(16(7)33)26(38)39)30-25(37)21(27(8,9)10)32-24(36)19(15(6)12-2)29-22(34)17(28)13(3)4/h13-21,33H,11-12,28H2,1-10H3,(H,29,34)(H,30,37)(H,31,35)(H,32,36)(H,38,39)/t14-,15-,16+,17-,18-,19-,20-,21+/m0/s1. The summed E-state index contributed by atoms with van der Waals surface area (Å²) < 4.78 is 0. The van der Waals surface area contributed by atoms with Crippen molar-refractivity contribution in [1.29, 1.82) is 0 Å². The molecule has 0 saturated carbocycles. The molecule has 0 fully saturated rings. The predicted molar refractivity (Wildman–Crippen MR) is 148 cm³/mol. The van der Waals surface area contributed by atoms with E-state index in [1.54, 1.807) is 41.5 Å². The third-order valence-corrected chi connectivity index (χ3v) is 7.07. The highest BCUT2D eigenvalue weighted by atomic mass is 16.4. The van der Waals surface area contributed by atoms with Gasteiger partial charge in [-0.25, -0.2) is 4.79 Å². The average molecular weight is 558 g/mol. The lowest BCUT2D eigenvalue weighted by Gasteiger charge is -2.35. The van der Waals surface area contributed by atoms with Crippen LogP contribution >= 0.6 is 0 Å². The van der Waals surface area contributed by atoms with Gasteiger partial charge in [-0.05, 0) is 30.1 Å². The summed E-state index contributed by atoms with van der Waals surface area (Å²) in [5, 5.41) is 29.5. The van der Waals surface area contributed by atoms with Gasteiger partial charge in [-0.3, -0.25) is 19.2 Å². The molecule has 0 aliphatic heterocycles. The molecule has 0 aliphatic carbocycles. The van der Waals surface area contributed by atoms with E-state index in [0.29, 0.717) is 12.8 Å². The van der Waals surface area contributed by atoms with Crippen molar-refractivity contribution in [3.63, 3.8) is 0 Å². The van der Waals surface area contributed by atoms with Crippen molar-refractivity contribution in [1.82, 2.24) is 21.3 Å².